The Hall–Kier alpha value is -1.05. The molecule has 2 heteroatoms. The number of hydrogen-bond donors (Lipinski definition) is 0. The molecular formula is C14H8BrCl. The summed E-state index contributed by atoms with van der Waals surface area (Å²) in [5, 5.41) is 5.59. The van der Waals surface area contributed by atoms with Crippen molar-refractivity contribution in [1.29, 1.82) is 0 Å². The van der Waals surface area contributed by atoms with E-state index in [1.54, 1.807) is 0 Å². The number of halogens is 2. The molecule has 3 rings (SSSR count). The van der Waals surface area contributed by atoms with Crippen molar-refractivity contribution in [3.8, 4) is 0 Å². The third kappa shape index (κ3) is 1.51. The Morgan fingerprint density at radius 3 is 2.44 bits per heavy atom. The minimum absolute atomic E-state index is 0.773. The van der Waals surface area contributed by atoms with Crippen molar-refractivity contribution in [2.24, 2.45) is 0 Å². The van der Waals surface area contributed by atoms with Crippen molar-refractivity contribution in [1.82, 2.24) is 0 Å². The monoisotopic (exact) mass is 290 g/mol. The smallest absolute Gasteiger partial charge is 0.0412 e. The van der Waals surface area contributed by atoms with E-state index in [2.05, 4.69) is 40.2 Å². The quantitative estimate of drug-likeness (QED) is 0.486. The van der Waals surface area contributed by atoms with Crippen LogP contribution >= 0.6 is 27.5 Å². The Morgan fingerprint density at radius 1 is 0.812 bits per heavy atom. The summed E-state index contributed by atoms with van der Waals surface area (Å²) in [7, 11) is 0. The van der Waals surface area contributed by atoms with Crippen LogP contribution in [-0.4, -0.2) is 0 Å². The first kappa shape index (κ1) is 10.1. The first-order valence-corrected chi connectivity index (χ1v) is 6.19. The van der Waals surface area contributed by atoms with Crippen LogP contribution in [0.4, 0.5) is 0 Å². The van der Waals surface area contributed by atoms with Crippen LogP contribution in [0.2, 0.25) is 5.02 Å². The summed E-state index contributed by atoms with van der Waals surface area (Å²) in [5.74, 6) is 0. The molecule has 0 saturated heterocycles. The van der Waals surface area contributed by atoms with Gasteiger partial charge in [-0.15, -0.1) is 0 Å². The first-order valence-electron chi connectivity index (χ1n) is 5.02. The highest BCUT2D eigenvalue weighted by Crippen LogP contribution is 2.33. The van der Waals surface area contributed by atoms with Crippen molar-refractivity contribution in [2.45, 2.75) is 0 Å². The van der Waals surface area contributed by atoms with Gasteiger partial charge in [0.1, 0.15) is 0 Å². The Kier molecular flexibility index (Phi) is 2.38. The average Bonchev–Trinajstić information content (AvgIpc) is 2.29. The molecule has 0 fully saturated rings. The average molecular weight is 292 g/mol. The maximum absolute atomic E-state index is 6.01. The van der Waals surface area contributed by atoms with Crippen LogP contribution in [0.25, 0.3) is 21.5 Å². The molecule has 3 aromatic rings. The van der Waals surface area contributed by atoms with Gasteiger partial charge in [0.05, 0.1) is 0 Å². The second kappa shape index (κ2) is 3.76. The number of fused-ring (bicyclic) bond motifs is 2. The molecule has 0 saturated carbocycles. The third-order valence-electron chi connectivity index (χ3n) is 2.76. The van der Waals surface area contributed by atoms with E-state index in [9.17, 15) is 0 Å². The van der Waals surface area contributed by atoms with E-state index in [1.807, 2.05) is 24.3 Å². The molecule has 0 spiro atoms. The van der Waals surface area contributed by atoms with Gasteiger partial charge in [-0.3, -0.25) is 0 Å². The van der Waals surface area contributed by atoms with Crippen molar-refractivity contribution in [3.63, 3.8) is 0 Å². The third-order valence-corrected chi connectivity index (χ3v) is 3.85. The molecule has 0 amide bonds. The molecule has 3 aromatic carbocycles. The number of rotatable bonds is 0. The van der Waals surface area contributed by atoms with Gasteiger partial charge in [0.25, 0.3) is 0 Å². The molecular weight excluding hydrogens is 284 g/mol. The van der Waals surface area contributed by atoms with Crippen molar-refractivity contribution in [2.75, 3.05) is 0 Å². The lowest BCUT2D eigenvalue weighted by molar-refractivity contribution is 1.74. The van der Waals surface area contributed by atoms with Crippen LogP contribution in [0, 0.1) is 0 Å². The molecule has 0 radical (unpaired) electrons. The van der Waals surface area contributed by atoms with Crippen molar-refractivity contribution < 1.29 is 0 Å². The lowest BCUT2D eigenvalue weighted by atomic mass is 10.0. The Morgan fingerprint density at radius 2 is 1.56 bits per heavy atom. The molecule has 0 aromatic heterocycles. The van der Waals surface area contributed by atoms with Gasteiger partial charge in [0, 0.05) is 9.50 Å². The summed E-state index contributed by atoms with van der Waals surface area (Å²) in [6, 6.07) is 16.5. The van der Waals surface area contributed by atoms with Gasteiger partial charge in [-0.05, 0) is 55.7 Å². The van der Waals surface area contributed by atoms with Gasteiger partial charge in [-0.25, -0.2) is 0 Å². The molecule has 0 nitrogen and oxygen atoms in total. The first-order chi connectivity index (χ1) is 7.75. The molecule has 78 valence electrons. The highest BCUT2D eigenvalue weighted by molar-refractivity contribution is 9.10. The molecule has 0 aliphatic carbocycles. The molecule has 0 bridgehead atoms. The fourth-order valence-electron chi connectivity index (χ4n) is 1.99. The summed E-state index contributed by atoms with van der Waals surface area (Å²) in [6.45, 7) is 0. The van der Waals surface area contributed by atoms with Crippen LogP contribution in [0.5, 0.6) is 0 Å². The molecule has 0 heterocycles. The summed E-state index contributed by atoms with van der Waals surface area (Å²) in [4.78, 5) is 0. The zero-order valence-corrected chi connectivity index (χ0v) is 10.7. The summed E-state index contributed by atoms with van der Waals surface area (Å²) in [5.41, 5.74) is 0. The Bertz CT molecular complexity index is 689. The number of benzene rings is 3. The van der Waals surface area contributed by atoms with E-state index in [-0.39, 0.29) is 0 Å². The number of hydrogen-bond acceptors (Lipinski definition) is 0. The van der Waals surface area contributed by atoms with E-state index in [4.69, 9.17) is 11.6 Å². The van der Waals surface area contributed by atoms with Crippen molar-refractivity contribution in [3.05, 3.63) is 58.0 Å². The van der Waals surface area contributed by atoms with Gasteiger partial charge in [-0.1, -0.05) is 41.9 Å². The van der Waals surface area contributed by atoms with E-state index >= 15 is 0 Å². The van der Waals surface area contributed by atoms with Gasteiger partial charge in [-0.2, -0.15) is 0 Å². The van der Waals surface area contributed by atoms with Crippen molar-refractivity contribution >= 4 is 49.1 Å². The highest BCUT2D eigenvalue weighted by atomic mass is 79.9. The maximum atomic E-state index is 6.01. The minimum atomic E-state index is 0.773. The van der Waals surface area contributed by atoms with Crippen LogP contribution in [0.3, 0.4) is 0 Å². The Labute approximate surface area is 107 Å². The second-order valence-electron chi connectivity index (χ2n) is 3.78. The van der Waals surface area contributed by atoms with Gasteiger partial charge in [0.2, 0.25) is 0 Å². The van der Waals surface area contributed by atoms with Crippen LogP contribution in [0.15, 0.2) is 53.0 Å². The van der Waals surface area contributed by atoms with Gasteiger partial charge in [0.15, 0.2) is 0 Å². The largest absolute Gasteiger partial charge is 0.0843 e. The van der Waals surface area contributed by atoms with Gasteiger partial charge < -0.3 is 0 Å². The van der Waals surface area contributed by atoms with Crippen LogP contribution in [0.1, 0.15) is 0 Å². The minimum Gasteiger partial charge on any atom is -0.0843 e. The predicted octanol–water partition coefficient (Wildman–Crippen LogP) is 5.41. The highest BCUT2D eigenvalue weighted by Gasteiger charge is 2.04. The SMILES string of the molecule is Clc1ccc2c(Br)c3ccccc3cc2c1. The second-order valence-corrected chi connectivity index (χ2v) is 5.01. The van der Waals surface area contributed by atoms with E-state index in [0.717, 1.165) is 14.9 Å². The lowest BCUT2D eigenvalue weighted by Gasteiger charge is -2.06. The lowest BCUT2D eigenvalue weighted by Crippen LogP contribution is -1.79. The predicted molar refractivity (Wildman–Crippen MR) is 74.2 cm³/mol. The molecule has 0 N–H and O–H groups in total. The standard InChI is InChI=1S/C14H8BrCl/c15-14-12-4-2-1-3-9(12)7-10-8-11(16)5-6-13(10)14/h1-8H. The summed E-state index contributed by atoms with van der Waals surface area (Å²) < 4.78 is 1.14. The van der Waals surface area contributed by atoms with E-state index < -0.39 is 0 Å². The zero-order valence-electron chi connectivity index (χ0n) is 8.37. The summed E-state index contributed by atoms with van der Waals surface area (Å²) >= 11 is 9.67. The Balaban J connectivity index is 2.55. The molecule has 0 unspecified atom stereocenters. The maximum Gasteiger partial charge on any atom is 0.0412 e. The normalized spacial score (nSPS) is 11.1. The molecule has 0 aliphatic rings. The fourth-order valence-corrected chi connectivity index (χ4v) is 2.89. The van der Waals surface area contributed by atoms with Crippen LogP contribution < -0.4 is 0 Å². The zero-order chi connectivity index (χ0) is 11.1. The van der Waals surface area contributed by atoms with E-state index in [1.165, 1.54) is 16.2 Å². The van der Waals surface area contributed by atoms with Gasteiger partial charge >= 0.3 is 0 Å². The van der Waals surface area contributed by atoms with E-state index in [0.29, 0.717) is 0 Å². The fraction of sp³-hybridized carbons (Fsp3) is 0. The molecule has 0 atom stereocenters. The molecule has 0 aliphatic heterocycles. The molecule has 16 heavy (non-hydrogen) atoms. The summed E-state index contributed by atoms with van der Waals surface area (Å²) in [6.07, 6.45) is 0. The van der Waals surface area contributed by atoms with Crippen LogP contribution in [-0.2, 0) is 0 Å². The topological polar surface area (TPSA) is 0 Å².